The van der Waals surface area contributed by atoms with Gasteiger partial charge in [0.05, 0.1) is 6.04 Å². The van der Waals surface area contributed by atoms with Crippen molar-refractivity contribution in [2.75, 3.05) is 58.8 Å². The first kappa shape index (κ1) is 20.6. The Kier molecular flexibility index (Phi) is 6.94. The molecule has 0 saturated carbocycles. The predicted octanol–water partition coefficient (Wildman–Crippen LogP) is 3.12. The van der Waals surface area contributed by atoms with Crippen molar-refractivity contribution in [1.29, 1.82) is 0 Å². The standard InChI is InChI=1S/C22H29ClN4O/c1-25(2)20-9-7-17(8-10-20)21(27-13-11-26(3)12-14-27)16-24-22(28)18-5-4-6-19(23)15-18/h4-10,15,21H,11-14,16H2,1-3H3,(H,24,28). The number of rotatable bonds is 6. The van der Waals surface area contributed by atoms with Gasteiger partial charge in [0.25, 0.3) is 5.91 Å². The van der Waals surface area contributed by atoms with Crippen LogP contribution in [0.15, 0.2) is 48.5 Å². The van der Waals surface area contributed by atoms with Gasteiger partial charge in [-0.25, -0.2) is 0 Å². The molecule has 5 nitrogen and oxygen atoms in total. The van der Waals surface area contributed by atoms with Crippen LogP contribution in [0, 0.1) is 0 Å². The fourth-order valence-corrected chi connectivity index (χ4v) is 3.70. The lowest BCUT2D eigenvalue weighted by molar-refractivity contribution is 0.0886. The van der Waals surface area contributed by atoms with Gasteiger partial charge in [0.2, 0.25) is 0 Å². The van der Waals surface area contributed by atoms with E-state index in [1.54, 1.807) is 24.3 Å². The highest BCUT2D eigenvalue weighted by atomic mass is 35.5. The minimum Gasteiger partial charge on any atom is -0.378 e. The Morgan fingerprint density at radius 1 is 1.11 bits per heavy atom. The summed E-state index contributed by atoms with van der Waals surface area (Å²) in [6.07, 6.45) is 0. The van der Waals surface area contributed by atoms with E-state index in [0.717, 1.165) is 26.2 Å². The maximum atomic E-state index is 12.6. The smallest absolute Gasteiger partial charge is 0.251 e. The Hall–Kier alpha value is -2.08. The van der Waals surface area contributed by atoms with E-state index in [2.05, 4.69) is 51.3 Å². The molecule has 1 fully saturated rings. The molecule has 1 atom stereocenters. The number of hydrogen-bond donors (Lipinski definition) is 1. The molecule has 150 valence electrons. The highest BCUT2D eigenvalue weighted by molar-refractivity contribution is 6.30. The summed E-state index contributed by atoms with van der Waals surface area (Å²) in [5.74, 6) is -0.0912. The number of anilines is 1. The summed E-state index contributed by atoms with van der Waals surface area (Å²) in [5, 5.41) is 3.68. The molecule has 2 aromatic rings. The van der Waals surface area contributed by atoms with E-state index in [-0.39, 0.29) is 11.9 Å². The highest BCUT2D eigenvalue weighted by Gasteiger charge is 2.24. The molecular weight excluding hydrogens is 372 g/mol. The molecule has 0 aliphatic carbocycles. The zero-order chi connectivity index (χ0) is 20.1. The molecule has 1 aliphatic rings. The van der Waals surface area contributed by atoms with Gasteiger partial charge in [0.15, 0.2) is 0 Å². The highest BCUT2D eigenvalue weighted by Crippen LogP contribution is 2.24. The Bertz CT molecular complexity index is 785. The van der Waals surface area contributed by atoms with E-state index in [0.29, 0.717) is 17.1 Å². The predicted molar refractivity (Wildman–Crippen MR) is 116 cm³/mol. The van der Waals surface area contributed by atoms with Crippen LogP contribution in [0.5, 0.6) is 0 Å². The molecule has 1 heterocycles. The van der Waals surface area contributed by atoms with E-state index in [4.69, 9.17) is 11.6 Å². The summed E-state index contributed by atoms with van der Waals surface area (Å²) in [7, 11) is 6.23. The van der Waals surface area contributed by atoms with Crippen LogP contribution in [-0.2, 0) is 0 Å². The molecule has 28 heavy (non-hydrogen) atoms. The second kappa shape index (κ2) is 9.41. The Labute approximate surface area is 172 Å². The minimum absolute atomic E-state index is 0.0912. The molecule has 0 spiro atoms. The van der Waals surface area contributed by atoms with Crippen LogP contribution in [0.4, 0.5) is 5.69 Å². The summed E-state index contributed by atoms with van der Waals surface area (Å²) in [4.78, 5) is 19.5. The lowest BCUT2D eigenvalue weighted by atomic mass is 10.0. The van der Waals surface area contributed by atoms with Crippen molar-refractivity contribution in [2.24, 2.45) is 0 Å². The van der Waals surface area contributed by atoms with Crippen LogP contribution in [0.2, 0.25) is 5.02 Å². The van der Waals surface area contributed by atoms with Crippen molar-refractivity contribution in [3.63, 3.8) is 0 Å². The first-order valence-corrected chi connectivity index (χ1v) is 10.1. The number of carbonyl (C=O) groups excluding carboxylic acids is 1. The number of nitrogens with zero attached hydrogens (tertiary/aromatic N) is 3. The van der Waals surface area contributed by atoms with Crippen LogP contribution >= 0.6 is 11.6 Å². The molecule has 6 heteroatoms. The lowest BCUT2D eigenvalue weighted by Gasteiger charge is -2.38. The van der Waals surface area contributed by atoms with Crippen molar-refractivity contribution < 1.29 is 4.79 Å². The monoisotopic (exact) mass is 400 g/mol. The number of piperazine rings is 1. The summed E-state index contributed by atoms with van der Waals surface area (Å²) >= 11 is 6.03. The van der Waals surface area contributed by atoms with Crippen molar-refractivity contribution in [3.8, 4) is 0 Å². The number of nitrogens with one attached hydrogen (secondary N) is 1. The van der Waals surface area contributed by atoms with Crippen LogP contribution < -0.4 is 10.2 Å². The Morgan fingerprint density at radius 2 is 1.79 bits per heavy atom. The van der Waals surface area contributed by atoms with Crippen LogP contribution in [0.3, 0.4) is 0 Å². The summed E-state index contributed by atoms with van der Waals surface area (Å²) in [5.41, 5.74) is 2.98. The zero-order valence-corrected chi connectivity index (χ0v) is 17.6. The van der Waals surface area contributed by atoms with Crippen LogP contribution in [-0.4, -0.2) is 69.6 Å². The maximum Gasteiger partial charge on any atom is 0.251 e. The Morgan fingerprint density at radius 3 is 2.39 bits per heavy atom. The van der Waals surface area contributed by atoms with E-state index < -0.39 is 0 Å². The number of likely N-dealkylation sites (N-methyl/N-ethyl adjacent to an activating group) is 1. The molecule has 3 rings (SSSR count). The van der Waals surface area contributed by atoms with E-state index in [9.17, 15) is 4.79 Å². The van der Waals surface area contributed by atoms with Gasteiger partial charge in [-0.1, -0.05) is 29.8 Å². The fourth-order valence-electron chi connectivity index (χ4n) is 3.51. The molecule has 0 radical (unpaired) electrons. The largest absolute Gasteiger partial charge is 0.378 e. The number of hydrogen-bond acceptors (Lipinski definition) is 4. The molecule has 1 amide bonds. The topological polar surface area (TPSA) is 38.8 Å². The van der Waals surface area contributed by atoms with Crippen molar-refractivity contribution in [2.45, 2.75) is 6.04 Å². The van der Waals surface area contributed by atoms with E-state index >= 15 is 0 Å². The fraction of sp³-hybridized carbons (Fsp3) is 0.409. The maximum absolute atomic E-state index is 12.6. The van der Waals surface area contributed by atoms with Gasteiger partial charge in [0.1, 0.15) is 0 Å². The van der Waals surface area contributed by atoms with Crippen LogP contribution in [0.25, 0.3) is 0 Å². The number of amides is 1. The average Bonchev–Trinajstić information content (AvgIpc) is 2.69. The summed E-state index contributed by atoms with van der Waals surface area (Å²) < 4.78 is 0. The number of benzene rings is 2. The van der Waals surface area contributed by atoms with E-state index in [1.165, 1.54) is 11.3 Å². The SMILES string of the molecule is CN1CCN(C(CNC(=O)c2cccc(Cl)c2)c2ccc(N(C)C)cc2)CC1. The van der Waals surface area contributed by atoms with Crippen molar-refractivity contribution in [3.05, 3.63) is 64.7 Å². The average molecular weight is 401 g/mol. The minimum atomic E-state index is -0.0912. The van der Waals surface area contributed by atoms with Crippen LogP contribution in [0.1, 0.15) is 22.0 Å². The molecule has 2 aromatic carbocycles. The van der Waals surface area contributed by atoms with E-state index in [1.807, 2.05) is 14.1 Å². The van der Waals surface area contributed by atoms with Gasteiger partial charge in [-0.05, 0) is 42.9 Å². The molecule has 1 aliphatic heterocycles. The molecule has 1 unspecified atom stereocenters. The third-order valence-electron chi connectivity index (χ3n) is 5.32. The third-order valence-corrected chi connectivity index (χ3v) is 5.55. The van der Waals surface area contributed by atoms with Crippen molar-refractivity contribution in [1.82, 2.24) is 15.1 Å². The van der Waals surface area contributed by atoms with Gasteiger partial charge in [-0.3, -0.25) is 9.69 Å². The lowest BCUT2D eigenvalue weighted by Crippen LogP contribution is -2.48. The van der Waals surface area contributed by atoms with Crippen molar-refractivity contribution >= 4 is 23.2 Å². The molecule has 0 aromatic heterocycles. The molecular formula is C22H29ClN4O. The first-order valence-electron chi connectivity index (χ1n) is 9.67. The van der Waals surface area contributed by atoms with Gasteiger partial charge in [-0.2, -0.15) is 0 Å². The molecule has 1 saturated heterocycles. The zero-order valence-electron chi connectivity index (χ0n) is 16.9. The van der Waals surface area contributed by atoms with Gasteiger partial charge in [0, 0.05) is 63.1 Å². The third kappa shape index (κ3) is 5.25. The summed E-state index contributed by atoms with van der Waals surface area (Å²) in [6, 6.07) is 15.8. The first-order chi connectivity index (χ1) is 13.4. The number of carbonyl (C=O) groups is 1. The second-order valence-electron chi connectivity index (χ2n) is 7.56. The Balaban J connectivity index is 1.75. The van der Waals surface area contributed by atoms with Gasteiger partial charge in [-0.15, -0.1) is 0 Å². The second-order valence-corrected chi connectivity index (χ2v) is 8.00. The molecule has 1 N–H and O–H groups in total. The van der Waals surface area contributed by atoms with Gasteiger partial charge >= 0.3 is 0 Å². The molecule has 0 bridgehead atoms. The number of halogens is 1. The summed E-state index contributed by atoms with van der Waals surface area (Å²) in [6.45, 7) is 4.62. The normalized spacial score (nSPS) is 16.6. The van der Waals surface area contributed by atoms with Gasteiger partial charge < -0.3 is 15.1 Å². The quantitative estimate of drug-likeness (QED) is 0.808.